The standard InChI is InChI=1S/C26H25F2N3O2/c1-17-5-3-4-6-22(17)29-9-11-30(12-10-29)26(32)24-15-25-23(13-18(2)33-25)31(24)16-19-7-8-20(27)21(28)14-19/h3-8,13-15H,9-12,16H2,1-2H3. The number of anilines is 1. The minimum atomic E-state index is -0.903. The van der Waals surface area contributed by atoms with Gasteiger partial charge in [-0.15, -0.1) is 0 Å². The number of hydrogen-bond acceptors (Lipinski definition) is 3. The summed E-state index contributed by atoms with van der Waals surface area (Å²) < 4.78 is 34.8. The third-order valence-electron chi connectivity index (χ3n) is 6.28. The Morgan fingerprint density at radius 2 is 1.70 bits per heavy atom. The van der Waals surface area contributed by atoms with E-state index in [-0.39, 0.29) is 12.5 Å². The second-order valence-electron chi connectivity index (χ2n) is 8.54. The lowest BCUT2D eigenvalue weighted by molar-refractivity contribution is 0.0737. The number of rotatable bonds is 4. The zero-order valence-corrected chi connectivity index (χ0v) is 18.6. The molecule has 1 aliphatic rings. The zero-order chi connectivity index (χ0) is 23.1. The van der Waals surface area contributed by atoms with Gasteiger partial charge in [0.05, 0.1) is 5.52 Å². The van der Waals surface area contributed by atoms with Gasteiger partial charge in [-0.25, -0.2) is 8.78 Å². The highest BCUT2D eigenvalue weighted by Gasteiger charge is 2.27. The summed E-state index contributed by atoms with van der Waals surface area (Å²) in [4.78, 5) is 17.7. The minimum absolute atomic E-state index is 0.0916. The van der Waals surface area contributed by atoms with Gasteiger partial charge in [0.2, 0.25) is 0 Å². The Hall–Kier alpha value is -3.61. The molecule has 0 unspecified atom stereocenters. The average molecular weight is 450 g/mol. The molecule has 33 heavy (non-hydrogen) atoms. The maximum atomic E-state index is 13.8. The number of piperazine rings is 1. The van der Waals surface area contributed by atoms with Gasteiger partial charge < -0.3 is 18.8 Å². The van der Waals surface area contributed by atoms with Gasteiger partial charge in [-0.3, -0.25) is 4.79 Å². The summed E-state index contributed by atoms with van der Waals surface area (Å²) in [6.45, 7) is 6.87. The van der Waals surface area contributed by atoms with Crippen molar-refractivity contribution in [3.05, 3.63) is 88.8 Å². The first-order valence-electron chi connectivity index (χ1n) is 11.0. The van der Waals surface area contributed by atoms with E-state index in [4.69, 9.17) is 4.42 Å². The summed E-state index contributed by atoms with van der Waals surface area (Å²) in [6, 6.07) is 15.7. The van der Waals surface area contributed by atoms with Crippen molar-refractivity contribution in [1.29, 1.82) is 0 Å². The van der Waals surface area contributed by atoms with Crippen molar-refractivity contribution in [1.82, 2.24) is 9.47 Å². The van der Waals surface area contributed by atoms with Gasteiger partial charge in [-0.05, 0) is 43.2 Å². The third kappa shape index (κ3) is 3.99. The SMILES string of the molecule is Cc1cc2c(cc(C(=O)N3CCN(c4ccccc4C)CC3)n2Cc2ccc(F)c(F)c2)o1. The van der Waals surface area contributed by atoms with E-state index >= 15 is 0 Å². The predicted molar refractivity (Wildman–Crippen MR) is 124 cm³/mol. The molecule has 0 atom stereocenters. The summed E-state index contributed by atoms with van der Waals surface area (Å²) in [5.41, 5.74) is 4.84. The highest BCUT2D eigenvalue weighted by Crippen LogP contribution is 2.27. The van der Waals surface area contributed by atoms with Gasteiger partial charge in [-0.1, -0.05) is 24.3 Å². The van der Waals surface area contributed by atoms with Crippen molar-refractivity contribution in [2.45, 2.75) is 20.4 Å². The van der Waals surface area contributed by atoms with E-state index in [2.05, 4.69) is 24.0 Å². The average Bonchev–Trinajstić information content (AvgIpc) is 3.33. The van der Waals surface area contributed by atoms with Crippen LogP contribution in [0.2, 0.25) is 0 Å². The Balaban J connectivity index is 1.41. The molecule has 5 nitrogen and oxygen atoms in total. The first-order chi connectivity index (χ1) is 15.9. The molecule has 7 heteroatoms. The molecule has 0 N–H and O–H groups in total. The number of fused-ring (bicyclic) bond motifs is 1. The first kappa shape index (κ1) is 21.2. The van der Waals surface area contributed by atoms with Crippen LogP contribution in [0.25, 0.3) is 11.1 Å². The van der Waals surface area contributed by atoms with E-state index in [1.54, 1.807) is 6.07 Å². The summed E-state index contributed by atoms with van der Waals surface area (Å²) in [7, 11) is 0. The van der Waals surface area contributed by atoms with Crippen molar-refractivity contribution in [3.63, 3.8) is 0 Å². The van der Waals surface area contributed by atoms with E-state index in [9.17, 15) is 13.6 Å². The smallest absolute Gasteiger partial charge is 0.270 e. The Labute approximate surface area is 190 Å². The summed E-state index contributed by atoms with van der Waals surface area (Å²) >= 11 is 0. The number of amides is 1. The molecule has 1 amide bonds. The van der Waals surface area contributed by atoms with Crippen molar-refractivity contribution >= 4 is 22.7 Å². The summed E-state index contributed by atoms with van der Waals surface area (Å²) in [5, 5.41) is 0. The Morgan fingerprint density at radius 1 is 0.939 bits per heavy atom. The molecule has 0 spiro atoms. The van der Waals surface area contributed by atoms with Crippen LogP contribution in [0.1, 0.15) is 27.4 Å². The molecule has 1 fully saturated rings. The quantitative estimate of drug-likeness (QED) is 0.433. The number of furan rings is 1. The van der Waals surface area contributed by atoms with E-state index in [0.29, 0.717) is 29.9 Å². The Morgan fingerprint density at radius 3 is 2.42 bits per heavy atom. The predicted octanol–water partition coefficient (Wildman–Crippen LogP) is 5.14. The van der Waals surface area contributed by atoms with Crippen molar-refractivity contribution in [2.24, 2.45) is 0 Å². The van der Waals surface area contributed by atoms with Crippen LogP contribution in [0, 0.1) is 25.5 Å². The number of nitrogens with zero attached hydrogens (tertiary/aromatic N) is 3. The first-order valence-corrected chi connectivity index (χ1v) is 11.0. The number of carbonyl (C=O) groups excluding carboxylic acids is 1. The maximum Gasteiger partial charge on any atom is 0.270 e. The normalized spacial score (nSPS) is 14.3. The molecule has 2 aromatic heterocycles. The molecule has 0 bridgehead atoms. The zero-order valence-electron chi connectivity index (χ0n) is 18.6. The number of hydrogen-bond donors (Lipinski definition) is 0. The number of para-hydroxylation sites is 1. The van der Waals surface area contributed by atoms with E-state index in [0.717, 1.165) is 30.4 Å². The van der Waals surface area contributed by atoms with Crippen LogP contribution < -0.4 is 4.90 Å². The molecular weight excluding hydrogens is 424 g/mol. The van der Waals surface area contributed by atoms with Crippen molar-refractivity contribution < 1.29 is 18.0 Å². The van der Waals surface area contributed by atoms with Gasteiger partial charge >= 0.3 is 0 Å². The second-order valence-corrected chi connectivity index (χ2v) is 8.54. The number of carbonyl (C=O) groups is 1. The summed E-state index contributed by atoms with van der Waals surface area (Å²) in [5.74, 6) is -1.16. The topological polar surface area (TPSA) is 41.6 Å². The van der Waals surface area contributed by atoms with Crippen LogP contribution in [0.5, 0.6) is 0 Å². The Kier molecular flexibility index (Phi) is 5.40. The van der Waals surface area contributed by atoms with Crippen LogP contribution in [0.4, 0.5) is 14.5 Å². The van der Waals surface area contributed by atoms with Crippen LogP contribution >= 0.6 is 0 Å². The molecular formula is C26H25F2N3O2. The molecule has 0 radical (unpaired) electrons. The van der Waals surface area contributed by atoms with Gasteiger partial charge in [0.25, 0.3) is 5.91 Å². The highest BCUT2D eigenvalue weighted by atomic mass is 19.2. The Bertz CT molecular complexity index is 1330. The number of benzene rings is 2. The van der Waals surface area contributed by atoms with E-state index < -0.39 is 11.6 Å². The van der Waals surface area contributed by atoms with Crippen LogP contribution in [-0.4, -0.2) is 41.6 Å². The number of halogens is 2. The fourth-order valence-electron chi connectivity index (χ4n) is 4.56. The summed E-state index contributed by atoms with van der Waals surface area (Å²) in [6.07, 6.45) is 0. The molecule has 4 aromatic rings. The van der Waals surface area contributed by atoms with Crippen molar-refractivity contribution in [2.75, 3.05) is 31.1 Å². The molecule has 0 aliphatic carbocycles. The van der Waals surface area contributed by atoms with Crippen LogP contribution in [-0.2, 0) is 6.54 Å². The second kappa shape index (κ2) is 8.39. The fraction of sp³-hybridized carbons (Fsp3) is 0.269. The van der Waals surface area contributed by atoms with Gasteiger partial charge in [0.1, 0.15) is 11.5 Å². The molecule has 1 aliphatic heterocycles. The monoisotopic (exact) mass is 449 g/mol. The molecule has 1 saturated heterocycles. The highest BCUT2D eigenvalue weighted by molar-refractivity contribution is 5.98. The number of aromatic nitrogens is 1. The van der Waals surface area contributed by atoms with Gasteiger partial charge in [0, 0.05) is 50.5 Å². The lowest BCUT2D eigenvalue weighted by Crippen LogP contribution is -2.49. The molecule has 5 rings (SSSR count). The maximum absolute atomic E-state index is 13.8. The van der Waals surface area contributed by atoms with Gasteiger partial charge in [0.15, 0.2) is 17.2 Å². The van der Waals surface area contributed by atoms with E-state index in [1.807, 2.05) is 34.6 Å². The largest absolute Gasteiger partial charge is 0.460 e. The fourth-order valence-corrected chi connectivity index (χ4v) is 4.56. The minimum Gasteiger partial charge on any atom is -0.460 e. The number of aryl methyl sites for hydroxylation is 2. The lowest BCUT2D eigenvalue weighted by Gasteiger charge is -2.37. The van der Waals surface area contributed by atoms with Gasteiger partial charge in [-0.2, -0.15) is 0 Å². The molecule has 3 heterocycles. The third-order valence-corrected chi connectivity index (χ3v) is 6.28. The molecule has 2 aromatic carbocycles. The molecule has 0 saturated carbocycles. The lowest BCUT2D eigenvalue weighted by atomic mass is 10.1. The van der Waals surface area contributed by atoms with Crippen LogP contribution in [0.15, 0.2) is 59.0 Å². The molecule has 170 valence electrons. The van der Waals surface area contributed by atoms with Crippen molar-refractivity contribution in [3.8, 4) is 0 Å². The van der Waals surface area contributed by atoms with Crippen LogP contribution in [0.3, 0.4) is 0 Å². The van der Waals surface area contributed by atoms with E-state index in [1.165, 1.54) is 23.4 Å².